The standard InChI is InChI=1S/C28H27N3O2/c1-18(30-31-28(32)20-11-14-22(33-2)15-12-20)21-13-16-26-25(17-21)23-9-6-10-24(23)27(29-26)19-7-4-3-5-8-19/h3-9,11-17,23-24,27,29H,10H2,1-2H3,(H,31,32)/b30-18+/t23-,24+,27+/m1/s1. The Morgan fingerprint density at radius 3 is 2.55 bits per heavy atom. The summed E-state index contributed by atoms with van der Waals surface area (Å²) in [5.41, 5.74) is 8.75. The Morgan fingerprint density at radius 1 is 1.03 bits per heavy atom. The van der Waals surface area contributed by atoms with Crippen LogP contribution in [0.1, 0.15) is 52.4 Å². The number of nitrogens with one attached hydrogen (secondary N) is 2. The smallest absolute Gasteiger partial charge is 0.271 e. The van der Waals surface area contributed by atoms with E-state index in [0.29, 0.717) is 29.2 Å². The van der Waals surface area contributed by atoms with E-state index in [2.05, 4.69) is 76.5 Å². The molecule has 3 aromatic carbocycles. The minimum Gasteiger partial charge on any atom is -0.497 e. The van der Waals surface area contributed by atoms with Gasteiger partial charge in [-0.25, -0.2) is 5.43 Å². The molecule has 0 saturated carbocycles. The van der Waals surface area contributed by atoms with Crippen molar-refractivity contribution in [3.05, 3.63) is 107 Å². The summed E-state index contributed by atoms with van der Waals surface area (Å²) in [6.07, 6.45) is 5.69. The van der Waals surface area contributed by atoms with E-state index in [1.807, 2.05) is 6.92 Å². The quantitative estimate of drug-likeness (QED) is 0.307. The van der Waals surface area contributed by atoms with Crippen molar-refractivity contribution in [2.24, 2.45) is 11.0 Å². The lowest BCUT2D eigenvalue weighted by atomic mass is 9.76. The number of hydrogen-bond donors (Lipinski definition) is 2. The van der Waals surface area contributed by atoms with Crippen molar-refractivity contribution in [1.29, 1.82) is 0 Å². The fourth-order valence-electron chi connectivity index (χ4n) is 4.82. The van der Waals surface area contributed by atoms with Crippen LogP contribution in [0, 0.1) is 5.92 Å². The van der Waals surface area contributed by atoms with Gasteiger partial charge in [0.2, 0.25) is 0 Å². The average molecular weight is 438 g/mol. The Kier molecular flexibility index (Phi) is 5.69. The second-order valence-corrected chi connectivity index (χ2v) is 8.55. The SMILES string of the molecule is COc1ccc(C(=O)N/N=C(\C)c2ccc3c(c2)[C@@H]2C=CC[C@@H]2[C@H](c2ccccc2)N3)cc1. The third-order valence-electron chi connectivity index (χ3n) is 6.62. The van der Waals surface area contributed by atoms with Crippen molar-refractivity contribution < 1.29 is 9.53 Å². The molecule has 5 rings (SSSR count). The molecule has 1 amide bonds. The first-order valence-electron chi connectivity index (χ1n) is 11.2. The van der Waals surface area contributed by atoms with Gasteiger partial charge in [-0.05, 0) is 72.4 Å². The molecular formula is C28H27N3O2. The zero-order chi connectivity index (χ0) is 22.8. The third kappa shape index (κ3) is 4.14. The number of carbonyl (C=O) groups excluding carboxylic acids is 1. The minimum atomic E-state index is -0.249. The first-order chi connectivity index (χ1) is 16.1. The lowest BCUT2D eigenvalue weighted by molar-refractivity contribution is 0.0955. The van der Waals surface area contributed by atoms with Crippen molar-refractivity contribution in [3.8, 4) is 5.75 Å². The highest BCUT2D eigenvalue weighted by Crippen LogP contribution is 2.49. The monoisotopic (exact) mass is 437 g/mol. The fourth-order valence-corrected chi connectivity index (χ4v) is 4.82. The van der Waals surface area contributed by atoms with Crippen molar-refractivity contribution in [2.75, 3.05) is 12.4 Å². The summed E-state index contributed by atoms with van der Waals surface area (Å²) in [5, 5.41) is 8.13. The molecule has 0 unspecified atom stereocenters. The molecule has 0 bridgehead atoms. The van der Waals surface area contributed by atoms with Crippen LogP contribution in [0.15, 0.2) is 90.0 Å². The molecule has 3 atom stereocenters. The maximum atomic E-state index is 12.5. The number of anilines is 1. The number of methoxy groups -OCH3 is 1. The van der Waals surface area contributed by atoms with E-state index in [4.69, 9.17) is 4.74 Å². The summed E-state index contributed by atoms with van der Waals surface area (Å²) in [5.74, 6) is 1.32. The number of ether oxygens (including phenoxy) is 1. The normalized spacial score (nSPS) is 21.0. The molecule has 0 radical (unpaired) electrons. The first kappa shape index (κ1) is 21.0. The first-order valence-corrected chi connectivity index (χ1v) is 11.2. The fraction of sp³-hybridized carbons (Fsp3) is 0.214. The molecule has 1 aliphatic heterocycles. The number of fused-ring (bicyclic) bond motifs is 3. The van der Waals surface area contributed by atoms with Gasteiger partial charge in [0, 0.05) is 17.2 Å². The molecule has 166 valence electrons. The summed E-state index contributed by atoms with van der Waals surface area (Å²) in [6.45, 7) is 1.92. The molecule has 33 heavy (non-hydrogen) atoms. The molecule has 0 spiro atoms. The van der Waals surface area contributed by atoms with E-state index in [-0.39, 0.29) is 5.91 Å². The lowest BCUT2D eigenvalue weighted by Gasteiger charge is -2.37. The zero-order valence-electron chi connectivity index (χ0n) is 18.8. The van der Waals surface area contributed by atoms with Crippen LogP contribution in [0.4, 0.5) is 5.69 Å². The summed E-state index contributed by atoms with van der Waals surface area (Å²) in [7, 11) is 1.60. The third-order valence-corrected chi connectivity index (χ3v) is 6.62. The summed E-state index contributed by atoms with van der Waals surface area (Å²) < 4.78 is 5.14. The maximum Gasteiger partial charge on any atom is 0.271 e. The molecule has 0 fully saturated rings. The van der Waals surface area contributed by atoms with Crippen LogP contribution in [-0.2, 0) is 0 Å². The van der Waals surface area contributed by atoms with Crippen LogP contribution in [0.5, 0.6) is 5.75 Å². The molecule has 3 aromatic rings. The number of hydrogen-bond acceptors (Lipinski definition) is 4. The molecule has 0 saturated heterocycles. The molecule has 1 aliphatic carbocycles. The molecule has 2 N–H and O–H groups in total. The van der Waals surface area contributed by atoms with E-state index in [0.717, 1.165) is 23.4 Å². The Bertz CT molecular complexity index is 1220. The number of carbonyl (C=O) groups is 1. The topological polar surface area (TPSA) is 62.7 Å². The summed E-state index contributed by atoms with van der Waals surface area (Å²) in [4.78, 5) is 12.5. The van der Waals surface area contributed by atoms with Gasteiger partial charge >= 0.3 is 0 Å². The predicted molar refractivity (Wildman–Crippen MR) is 132 cm³/mol. The lowest BCUT2D eigenvalue weighted by Crippen LogP contribution is -2.29. The van der Waals surface area contributed by atoms with E-state index < -0.39 is 0 Å². The second-order valence-electron chi connectivity index (χ2n) is 8.55. The molecule has 2 aliphatic rings. The van der Waals surface area contributed by atoms with Crippen LogP contribution in [0.25, 0.3) is 0 Å². The van der Waals surface area contributed by atoms with Gasteiger partial charge in [0.1, 0.15) is 5.75 Å². The molecular weight excluding hydrogens is 410 g/mol. The van der Waals surface area contributed by atoms with E-state index in [1.54, 1.807) is 31.4 Å². The number of nitrogens with zero attached hydrogens (tertiary/aromatic N) is 1. The van der Waals surface area contributed by atoms with Crippen molar-refractivity contribution in [1.82, 2.24) is 5.43 Å². The second kappa shape index (κ2) is 8.94. The Labute approximate surface area is 194 Å². The highest BCUT2D eigenvalue weighted by Gasteiger charge is 2.37. The summed E-state index contributed by atoms with van der Waals surface area (Å²) >= 11 is 0. The van der Waals surface area contributed by atoms with Gasteiger partial charge in [-0.15, -0.1) is 0 Å². The van der Waals surface area contributed by atoms with Crippen LogP contribution in [-0.4, -0.2) is 18.7 Å². The number of allylic oxidation sites excluding steroid dienone is 2. The predicted octanol–water partition coefficient (Wildman–Crippen LogP) is 5.68. The molecule has 0 aromatic heterocycles. The van der Waals surface area contributed by atoms with Gasteiger partial charge in [-0.1, -0.05) is 48.6 Å². The average Bonchev–Trinajstić information content (AvgIpc) is 3.37. The number of hydrazone groups is 1. The van der Waals surface area contributed by atoms with Crippen LogP contribution in [0.2, 0.25) is 0 Å². The van der Waals surface area contributed by atoms with Gasteiger partial charge in [0.25, 0.3) is 5.91 Å². The van der Waals surface area contributed by atoms with Gasteiger partial charge in [0.05, 0.1) is 18.9 Å². The van der Waals surface area contributed by atoms with E-state index in [1.165, 1.54) is 11.1 Å². The molecule has 1 heterocycles. The number of benzene rings is 3. The van der Waals surface area contributed by atoms with Gasteiger partial charge in [-0.3, -0.25) is 4.79 Å². The molecule has 5 nitrogen and oxygen atoms in total. The Hall–Kier alpha value is -3.86. The van der Waals surface area contributed by atoms with Gasteiger partial charge in [0.15, 0.2) is 0 Å². The van der Waals surface area contributed by atoms with Crippen LogP contribution < -0.4 is 15.5 Å². The minimum absolute atomic E-state index is 0.249. The largest absolute Gasteiger partial charge is 0.497 e. The van der Waals surface area contributed by atoms with Crippen LogP contribution >= 0.6 is 0 Å². The highest BCUT2D eigenvalue weighted by atomic mass is 16.5. The Morgan fingerprint density at radius 2 is 1.79 bits per heavy atom. The van der Waals surface area contributed by atoms with Gasteiger partial charge < -0.3 is 10.1 Å². The van der Waals surface area contributed by atoms with Crippen molar-refractivity contribution in [3.63, 3.8) is 0 Å². The summed E-state index contributed by atoms with van der Waals surface area (Å²) in [6, 6.07) is 24.3. The molecule has 5 heteroatoms. The zero-order valence-corrected chi connectivity index (χ0v) is 18.8. The van der Waals surface area contributed by atoms with E-state index >= 15 is 0 Å². The van der Waals surface area contributed by atoms with Crippen molar-refractivity contribution >= 4 is 17.3 Å². The Balaban J connectivity index is 1.36. The van der Waals surface area contributed by atoms with Crippen molar-refractivity contribution in [2.45, 2.75) is 25.3 Å². The maximum absolute atomic E-state index is 12.5. The number of amides is 1. The van der Waals surface area contributed by atoms with E-state index in [9.17, 15) is 4.79 Å². The number of rotatable bonds is 5. The highest BCUT2D eigenvalue weighted by molar-refractivity contribution is 6.01. The van der Waals surface area contributed by atoms with Gasteiger partial charge in [-0.2, -0.15) is 5.10 Å². The van der Waals surface area contributed by atoms with Crippen LogP contribution in [0.3, 0.4) is 0 Å².